The summed E-state index contributed by atoms with van der Waals surface area (Å²) in [6.07, 6.45) is 1.94. The fraction of sp³-hybridized carbons (Fsp3) is 0.353. The second-order valence-electron chi connectivity index (χ2n) is 5.62. The average Bonchev–Trinajstić information content (AvgIpc) is 3.00. The maximum atomic E-state index is 12.6. The van der Waals surface area contributed by atoms with E-state index in [2.05, 4.69) is 17.3 Å². The summed E-state index contributed by atoms with van der Waals surface area (Å²) < 4.78 is 0. The molecule has 2 aromatic rings. The Morgan fingerprint density at radius 2 is 2.05 bits per heavy atom. The maximum absolute atomic E-state index is 12.6. The van der Waals surface area contributed by atoms with E-state index in [0.29, 0.717) is 0 Å². The molecule has 1 fully saturated rings. The predicted octanol–water partition coefficient (Wildman–Crippen LogP) is 4.02. The van der Waals surface area contributed by atoms with Crippen molar-refractivity contribution >= 4 is 27.8 Å². The molecule has 3 nitrogen and oxygen atoms in total. The van der Waals surface area contributed by atoms with Gasteiger partial charge in [-0.15, -0.1) is 11.3 Å². The fourth-order valence-corrected chi connectivity index (χ4v) is 3.39. The van der Waals surface area contributed by atoms with Crippen LogP contribution in [0.3, 0.4) is 0 Å². The lowest BCUT2D eigenvalue weighted by atomic mass is 9.89. The zero-order valence-corrected chi connectivity index (χ0v) is 13.0. The summed E-state index contributed by atoms with van der Waals surface area (Å²) in [7, 11) is 2.12. The minimum absolute atomic E-state index is 0.179. The van der Waals surface area contributed by atoms with E-state index in [1.807, 2.05) is 41.8 Å². The largest absolute Gasteiger partial charge is 0.347 e. The predicted molar refractivity (Wildman–Crippen MR) is 88.6 cm³/mol. The van der Waals surface area contributed by atoms with Crippen molar-refractivity contribution in [3.63, 3.8) is 0 Å². The van der Waals surface area contributed by atoms with Crippen LogP contribution in [-0.2, 0) is 0 Å². The van der Waals surface area contributed by atoms with Crippen molar-refractivity contribution in [1.82, 2.24) is 4.90 Å². The second-order valence-corrected chi connectivity index (χ2v) is 6.57. The molecule has 1 aliphatic heterocycles. The number of carbonyl (C=O) groups excluding carboxylic acids is 1. The van der Waals surface area contributed by atoms with Crippen molar-refractivity contribution in [2.75, 3.05) is 25.5 Å². The van der Waals surface area contributed by atoms with Crippen LogP contribution in [0.1, 0.15) is 23.2 Å². The molecule has 0 bridgehead atoms. The lowest BCUT2D eigenvalue weighted by molar-refractivity contribution is 0.0857. The van der Waals surface area contributed by atoms with Crippen LogP contribution >= 0.6 is 11.3 Å². The zero-order valence-electron chi connectivity index (χ0n) is 12.2. The quantitative estimate of drug-likeness (QED) is 0.866. The van der Waals surface area contributed by atoms with Gasteiger partial charge in [0, 0.05) is 17.2 Å². The summed E-state index contributed by atoms with van der Waals surface area (Å²) in [6.45, 7) is 2.03. The first-order chi connectivity index (χ1) is 10.2. The number of likely N-dealkylation sites (tertiary alicyclic amines) is 1. The van der Waals surface area contributed by atoms with Gasteiger partial charge in [-0.2, -0.15) is 0 Å². The van der Waals surface area contributed by atoms with E-state index in [1.54, 1.807) is 11.3 Å². The molecular formula is C17H20N2OS. The minimum atomic E-state index is 0.179. The monoisotopic (exact) mass is 300 g/mol. The van der Waals surface area contributed by atoms with E-state index in [-0.39, 0.29) is 11.7 Å². The Labute approximate surface area is 129 Å². The van der Waals surface area contributed by atoms with Gasteiger partial charge in [-0.05, 0) is 62.6 Å². The molecule has 1 N–H and O–H groups in total. The summed E-state index contributed by atoms with van der Waals surface area (Å²) >= 11 is 1.66. The Bertz CT molecular complexity index is 601. The maximum Gasteiger partial charge on any atom is 0.166 e. The number of benzene rings is 1. The van der Waals surface area contributed by atoms with Crippen LogP contribution in [0.2, 0.25) is 0 Å². The van der Waals surface area contributed by atoms with Crippen molar-refractivity contribution in [1.29, 1.82) is 0 Å². The third-order valence-corrected chi connectivity index (χ3v) is 4.81. The SMILES string of the molecule is CN1CCC(C(=O)c2cccc(Nc3cccs3)c2)CC1. The number of nitrogens with zero attached hydrogens (tertiary/aromatic N) is 1. The molecule has 1 aromatic carbocycles. The smallest absolute Gasteiger partial charge is 0.166 e. The Morgan fingerprint density at radius 1 is 1.24 bits per heavy atom. The Morgan fingerprint density at radius 3 is 2.76 bits per heavy atom. The van der Waals surface area contributed by atoms with Crippen LogP contribution in [0.4, 0.5) is 10.7 Å². The van der Waals surface area contributed by atoms with Gasteiger partial charge < -0.3 is 10.2 Å². The Hall–Kier alpha value is -1.65. The Kier molecular flexibility index (Phi) is 4.36. The summed E-state index contributed by atoms with van der Waals surface area (Å²) in [5, 5.41) is 6.48. The number of thiophene rings is 1. The number of piperidine rings is 1. The molecule has 0 saturated carbocycles. The van der Waals surface area contributed by atoms with Gasteiger partial charge in [0.1, 0.15) is 0 Å². The van der Waals surface area contributed by atoms with Crippen molar-refractivity contribution in [3.8, 4) is 0 Å². The van der Waals surface area contributed by atoms with Gasteiger partial charge in [-0.3, -0.25) is 4.79 Å². The van der Waals surface area contributed by atoms with Gasteiger partial charge in [0.25, 0.3) is 0 Å². The highest BCUT2D eigenvalue weighted by atomic mass is 32.1. The number of carbonyl (C=O) groups is 1. The first-order valence-electron chi connectivity index (χ1n) is 7.36. The molecule has 1 aromatic heterocycles. The molecule has 1 aliphatic rings. The lowest BCUT2D eigenvalue weighted by Gasteiger charge is -2.28. The molecule has 3 rings (SSSR count). The molecule has 0 spiro atoms. The first kappa shape index (κ1) is 14.3. The number of ketones is 1. The summed E-state index contributed by atoms with van der Waals surface area (Å²) in [4.78, 5) is 14.9. The summed E-state index contributed by atoms with van der Waals surface area (Å²) in [6, 6.07) is 11.9. The molecule has 2 heterocycles. The van der Waals surface area contributed by atoms with E-state index in [1.165, 1.54) is 0 Å². The van der Waals surface area contributed by atoms with Gasteiger partial charge in [-0.25, -0.2) is 0 Å². The van der Waals surface area contributed by atoms with E-state index in [9.17, 15) is 4.79 Å². The summed E-state index contributed by atoms with van der Waals surface area (Å²) in [5.74, 6) is 0.469. The zero-order chi connectivity index (χ0) is 14.7. The molecule has 0 unspecified atom stereocenters. The van der Waals surface area contributed by atoms with Crippen LogP contribution in [-0.4, -0.2) is 30.8 Å². The van der Waals surface area contributed by atoms with Crippen molar-refractivity contribution in [3.05, 3.63) is 47.3 Å². The van der Waals surface area contributed by atoms with Crippen LogP contribution < -0.4 is 5.32 Å². The van der Waals surface area contributed by atoms with Gasteiger partial charge in [0.2, 0.25) is 0 Å². The van der Waals surface area contributed by atoms with Crippen LogP contribution in [0.15, 0.2) is 41.8 Å². The van der Waals surface area contributed by atoms with Crippen LogP contribution in [0.25, 0.3) is 0 Å². The lowest BCUT2D eigenvalue weighted by Crippen LogP contribution is -2.33. The third kappa shape index (κ3) is 3.52. The van der Waals surface area contributed by atoms with E-state index in [0.717, 1.165) is 42.2 Å². The van der Waals surface area contributed by atoms with Gasteiger partial charge in [0.15, 0.2) is 5.78 Å². The number of rotatable bonds is 4. The van der Waals surface area contributed by atoms with E-state index < -0.39 is 0 Å². The molecule has 0 aliphatic carbocycles. The van der Waals surface area contributed by atoms with Gasteiger partial charge >= 0.3 is 0 Å². The summed E-state index contributed by atoms with van der Waals surface area (Å²) in [5.41, 5.74) is 1.81. The molecule has 4 heteroatoms. The van der Waals surface area contributed by atoms with Gasteiger partial charge in [-0.1, -0.05) is 12.1 Å². The van der Waals surface area contributed by atoms with E-state index in [4.69, 9.17) is 0 Å². The normalized spacial score (nSPS) is 16.8. The molecule has 0 radical (unpaired) electrons. The molecule has 0 amide bonds. The molecule has 1 saturated heterocycles. The van der Waals surface area contributed by atoms with Crippen LogP contribution in [0, 0.1) is 5.92 Å². The molecule has 21 heavy (non-hydrogen) atoms. The number of Topliss-reactive ketones (excluding diaryl/α,β-unsaturated/α-hetero) is 1. The van der Waals surface area contributed by atoms with Crippen molar-refractivity contribution in [2.24, 2.45) is 5.92 Å². The number of anilines is 2. The fourth-order valence-electron chi connectivity index (χ4n) is 2.75. The highest BCUT2D eigenvalue weighted by Crippen LogP contribution is 2.25. The average molecular weight is 300 g/mol. The number of hydrogen-bond acceptors (Lipinski definition) is 4. The number of nitrogens with one attached hydrogen (secondary N) is 1. The van der Waals surface area contributed by atoms with Gasteiger partial charge in [0.05, 0.1) is 5.00 Å². The topological polar surface area (TPSA) is 32.3 Å². The second kappa shape index (κ2) is 6.41. The number of hydrogen-bond donors (Lipinski definition) is 1. The third-order valence-electron chi connectivity index (χ3n) is 4.03. The standard InChI is InChI=1S/C17H20N2OS/c1-19-9-7-13(8-10-19)17(20)14-4-2-5-15(12-14)18-16-6-3-11-21-16/h2-6,11-13,18H,7-10H2,1H3. The molecular weight excluding hydrogens is 280 g/mol. The highest BCUT2D eigenvalue weighted by molar-refractivity contribution is 7.14. The van der Waals surface area contributed by atoms with Crippen molar-refractivity contribution in [2.45, 2.75) is 12.8 Å². The highest BCUT2D eigenvalue weighted by Gasteiger charge is 2.24. The first-order valence-corrected chi connectivity index (χ1v) is 8.24. The van der Waals surface area contributed by atoms with E-state index >= 15 is 0 Å². The minimum Gasteiger partial charge on any atom is -0.347 e. The molecule has 0 atom stereocenters. The Balaban J connectivity index is 1.71. The van der Waals surface area contributed by atoms with Crippen molar-refractivity contribution < 1.29 is 4.79 Å². The molecule has 110 valence electrons. The van der Waals surface area contributed by atoms with Crippen LogP contribution in [0.5, 0.6) is 0 Å².